The van der Waals surface area contributed by atoms with E-state index in [1.807, 2.05) is 53.1 Å². The van der Waals surface area contributed by atoms with Gasteiger partial charge in [-0.1, -0.05) is 30.3 Å². The molecule has 5 nitrogen and oxygen atoms in total. The molecule has 2 aromatic heterocycles. The van der Waals surface area contributed by atoms with Gasteiger partial charge in [-0.25, -0.2) is 9.97 Å². The predicted octanol–water partition coefficient (Wildman–Crippen LogP) is 2.22. The number of fused-ring (bicyclic) bond motifs is 4. The lowest BCUT2D eigenvalue weighted by Gasteiger charge is -2.03. The largest absolute Gasteiger partial charge is 0.368 e. The fourth-order valence-corrected chi connectivity index (χ4v) is 2.70. The van der Waals surface area contributed by atoms with E-state index in [0.29, 0.717) is 5.65 Å². The molecule has 2 heterocycles. The quantitative estimate of drug-likeness (QED) is 0.610. The monoisotopic (exact) mass is 276 g/mol. The molecule has 0 aliphatic heterocycles. The van der Waals surface area contributed by atoms with Crippen molar-refractivity contribution in [3.63, 3.8) is 0 Å². The molecule has 2 N–H and O–H groups in total. The first kappa shape index (κ1) is 11.8. The van der Waals surface area contributed by atoms with Crippen molar-refractivity contribution in [2.24, 2.45) is 5.73 Å². The van der Waals surface area contributed by atoms with Crippen LogP contribution in [-0.2, 0) is 11.3 Å². The van der Waals surface area contributed by atoms with Crippen LogP contribution in [-0.4, -0.2) is 20.4 Å². The molecule has 4 aromatic rings. The van der Waals surface area contributed by atoms with E-state index in [-0.39, 0.29) is 6.54 Å². The minimum atomic E-state index is -0.396. The Kier molecular flexibility index (Phi) is 2.41. The summed E-state index contributed by atoms with van der Waals surface area (Å²) in [5.41, 5.74) is 9.42. The predicted molar refractivity (Wildman–Crippen MR) is 81.7 cm³/mol. The molecule has 0 aliphatic rings. The maximum absolute atomic E-state index is 11.4. The van der Waals surface area contributed by atoms with E-state index in [0.717, 1.165) is 27.5 Å². The van der Waals surface area contributed by atoms with E-state index in [2.05, 4.69) is 4.98 Å². The molecule has 0 saturated carbocycles. The third-order valence-corrected chi connectivity index (χ3v) is 3.57. The number of hydrogen-bond acceptors (Lipinski definition) is 3. The second kappa shape index (κ2) is 4.28. The van der Waals surface area contributed by atoms with Crippen molar-refractivity contribution < 1.29 is 4.79 Å². The molecular formula is C16H12N4O. The minimum absolute atomic E-state index is 0.0943. The molecule has 1 amide bonds. The van der Waals surface area contributed by atoms with Gasteiger partial charge in [0.25, 0.3) is 0 Å². The molecule has 102 valence electrons. The highest BCUT2D eigenvalue weighted by Gasteiger charge is 2.14. The Hall–Kier alpha value is -2.95. The highest BCUT2D eigenvalue weighted by Crippen LogP contribution is 2.27. The zero-order valence-electron chi connectivity index (χ0n) is 11.2. The summed E-state index contributed by atoms with van der Waals surface area (Å²) in [4.78, 5) is 20.7. The van der Waals surface area contributed by atoms with E-state index < -0.39 is 5.91 Å². The SMILES string of the molecule is NC(=O)Cn1c2ccccc2c2nc3ccccc3nc21. The van der Waals surface area contributed by atoms with Crippen LogP contribution in [0, 0.1) is 0 Å². The van der Waals surface area contributed by atoms with Crippen molar-refractivity contribution in [1.29, 1.82) is 0 Å². The molecule has 0 bridgehead atoms. The topological polar surface area (TPSA) is 73.8 Å². The first-order chi connectivity index (χ1) is 10.2. The number of rotatable bonds is 2. The lowest BCUT2D eigenvalue weighted by molar-refractivity contribution is -0.118. The lowest BCUT2D eigenvalue weighted by Crippen LogP contribution is -2.18. The summed E-state index contributed by atoms with van der Waals surface area (Å²) in [6, 6.07) is 15.5. The van der Waals surface area contributed by atoms with Crippen LogP contribution in [0.5, 0.6) is 0 Å². The van der Waals surface area contributed by atoms with Crippen LogP contribution in [0.25, 0.3) is 33.1 Å². The summed E-state index contributed by atoms with van der Waals surface area (Å²) >= 11 is 0. The molecule has 0 unspecified atom stereocenters. The average molecular weight is 276 g/mol. The number of hydrogen-bond donors (Lipinski definition) is 1. The van der Waals surface area contributed by atoms with E-state index in [1.54, 1.807) is 0 Å². The van der Waals surface area contributed by atoms with Crippen molar-refractivity contribution in [3.05, 3.63) is 48.5 Å². The molecule has 0 spiro atoms. The Labute approximate surface area is 120 Å². The van der Waals surface area contributed by atoms with Gasteiger partial charge in [-0.05, 0) is 18.2 Å². The molecule has 4 rings (SSSR count). The standard InChI is InChI=1S/C16H12N4O/c17-14(21)9-20-13-8-4-1-5-10(13)15-16(20)19-12-7-3-2-6-11(12)18-15/h1-8H,9H2,(H2,17,21). The highest BCUT2D eigenvalue weighted by atomic mass is 16.1. The summed E-state index contributed by atoms with van der Waals surface area (Å²) in [5, 5.41) is 0.979. The summed E-state index contributed by atoms with van der Waals surface area (Å²) in [6.45, 7) is 0.0943. The Bertz CT molecular complexity index is 1000. The first-order valence-corrected chi connectivity index (χ1v) is 6.66. The fraction of sp³-hybridized carbons (Fsp3) is 0.0625. The van der Waals surface area contributed by atoms with Gasteiger partial charge in [-0.2, -0.15) is 0 Å². The van der Waals surface area contributed by atoms with E-state index in [1.165, 1.54) is 0 Å². The van der Waals surface area contributed by atoms with Crippen LogP contribution in [0.4, 0.5) is 0 Å². The van der Waals surface area contributed by atoms with Crippen molar-refractivity contribution in [3.8, 4) is 0 Å². The van der Waals surface area contributed by atoms with Gasteiger partial charge in [0.15, 0.2) is 5.65 Å². The maximum atomic E-state index is 11.4. The normalized spacial score (nSPS) is 11.4. The van der Waals surface area contributed by atoms with Crippen LogP contribution >= 0.6 is 0 Å². The fourth-order valence-electron chi connectivity index (χ4n) is 2.70. The van der Waals surface area contributed by atoms with Gasteiger partial charge in [0.2, 0.25) is 5.91 Å². The average Bonchev–Trinajstić information content (AvgIpc) is 2.79. The highest BCUT2D eigenvalue weighted by molar-refractivity contribution is 6.06. The molecule has 0 aliphatic carbocycles. The number of para-hydroxylation sites is 3. The van der Waals surface area contributed by atoms with Gasteiger partial charge in [-0.3, -0.25) is 4.79 Å². The Morgan fingerprint density at radius 2 is 1.67 bits per heavy atom. The van der Waals surface area contributed by atoms with Gasteiger partial charge in [-0.15, -0.1) is 0 Å². The Morgan fingerprint density at radius 1 is 1.00 bits per heavy atom. The number of aromatic nitrogens is 3. The number of carbonyl (C=O) groups is 1. The lowest BCUT2D eigenvalue weighted by atomic mass is 10.2. The van der Waals surface area contributed by atoms with Gasteiger partial charge in [0.1, 0.15) is 12.1 Å². The van der Waals surface area contributed by atoms with Crippen LogP contribution in [0.2, 0.25) is 0 Å². The number of amides is 1. The smallest absolute Gasteiger partial charge is 0.237 e. The maximum Gasteiger partial charge on any atom is 0.237 e. The van der Waals surface area contributed by atoms with E-state index in [9.17, 15) is 4.79 Å². The van der Waals surface area contributed by atoms with Crippen LogP contribution in [0.3, 0.4) is 0 Å². The molecule has 2 aromatic carbocycles. The Balaban J connectivity index is 2.20. The number of nitrogens with two attached hydrogens (primary N) is 1. The van der Waals surface area contributed by atoms with Crippen molar-refractivity contribution in [1.82, 2.24) is 14.5 Å². The van der Waals surface area contributed by atoms with Gasteiger partial charge in [0.05, 0.1) is 16.6 Å². The summed E-state index contributed by atoms with van der Waals surface area (Å²) in [5.74, 6) is -0.396. The van der Waals surface area contributed by atoms with Crippen molar-refractivity contribution >= 4 is 39.0 Å². The molecule has 5 heteroatoms. The zero-order chi connectivity index (χ0) is 14.4. The van der Waals surface area contributed by atoms with E-state index in [4.69, 9.17) is 10.7 Å². The van der Waals surface area contributed by atoms with E-state index >= 15 is 0 Å². The third kappa shape index (κ3) is 1.74. The second-order valence-electron chi connectivity index (χ2n) is 4.95. The molecule has 0 radical (unpaired) electrons. The summed E-state index contributed by atoms with van der Waals surface area (Å²) < 4.78 is 1.83. The summed E-state index contributed by atoms with van der Waals surface area (Å²) in [6.07, 6.45) is 0. The number of carbonyl (C=O) groups excluding carboxylic acids is 1. The second-order valence-corrected chi connectivity index (χ2v) is 4.95. The first-order valence-electron chi connectivity index (χ1n) is 6.66. The Morgan fingerprint density at radius 3 is 2.43 bits per heavy atom. The molecule has 21 heavy (non-hydrogen) atoms. The van der Waals surface area contributed by atoms with Gasteiger partial charge < -0.3 is 10.3 Å². The van der Waals surface area contributed by atoms with Crippen LogP contribution in [0.1, 0.15) is 0 Å². The van der Waals surface area contributed by atoms with Crippen molar-refractivity contribution in [2.45, 2.75) is 6.54 Å². The number of primary amides is 1. The minimum Gasteiger partial charge on any atom is -0.368 e. The molecule has 0 saturated heterocycles. The third-order valence-electron chi connectivity index (χ3n) is 3.57. The molecular weight excluding hydrogens is 264 g/mol. The van der Waals surface area contributed by atoms with Gasteiger partial charge in [0, 0.05) is 5.39 Å². The number of nitrogens with zero attached hydrogens (tertiary/aromatic N) is 3. The zero-order valence-corrected chi connectivity index (χ0v) is 11.2. The van der Waals surface area contributed by atoms with Crippen LogP contribution in [0.15, 0.2) is 48.5 Å². The van der Waals surface area contributed by atoms with Crippen LogP contribution < -0.4 is 5.73 Å². The molecule has 0 fully saturated rings. The number of benzene rings is 2. The molecule has 0 atom stereocenters. The van der Waals surface area contributed by atoms with Crippen molar-refractivity contribution in [2.75, 3.05) is 0 Å². The van der Waals surface area contributed by atoms with Gasteiger partial charge >= 0.3 is 0 Å². The summed E-state index contributed by atoms with van der Waals surface area (Å²) in [7, 11) is 0.